The molecule has 3 rings (SSSR count). The molecule has 1 aromatic carbocycles. The first-order valence-corrected chi connectivity index (χ1v) is 8.20. The van der Waals surface area contributed by atoms with Crippen LogP contribution in [0, 0.1) is 0 Å². The maximum atomic E-state index is 12.2. The summed E-state index contributed by atoms with van der Waals surface area (Å²) in [4.78, 5) is 19.7. The van der Waals surface area contributed by atoms with E-state index in [0.717, 1.165) is 22.9 Å². The van der Waals surface area contributed by atoms with Gasteiger partial charge < -0.3 is 4.90 Å². The molecule has 1 amide bonds. The van der Waals surface area contributed by atoms with Crippen LogP contribution in [0.1, 0.15) is 16.9 Å². The van der Waals surface area contributed by atoms with Crippen molar-refractivity contribution in [2.45, 2.75) is 19.4 Å². The molecule has 0 aliphatic heterocycles. The highest BCUT2D eigenvalue weighted by Gasteiger charge is 2.10. The summed E-state index contributed by atoms with van der Waals surface area (Å²) in [7, 11) is 1.85. The number of fused-ring (bicyclic) bond motifs is 1. The lowest BCUT2D eigenvalue weighted by atomic mass is 10.1. The van der Waals surface area contributed by atoms with Gasteiger partial charge in [-0.25, -0.2) is 0 Å². The van der Waals surface area contributed by atoms with Gasteiger partial charge in [0.15, 0.2) is 0 Å². The molecule has 2 aromatic heterocycles. The van der Waals surface area contributed by atoms with E-state index < -0.39 is 0 Å². The van der Waals surface area contributed by atoms with Crippen molar-refractivity contribution in [3.05, 3.63) is 64.5 Å². The summed E-state index contributed by atoms with van der Waals surface area (Å²) >= 11 is 1.70. The highest BCUT2D eigenvalue weighted by molar-refractivity contribution is 7.09. The van der Waals surface area contributed by atoms with Crippen molar-refractivity contribution in [3.63, 3.8) is 0 Å². The van der Waals surface area contributed by atoms with E-state index in [9.17, 15) is 4.79 Å². The molecule has 0 bridgehead atoms. The van der Waals surface area contributed by atoms with Crippen LogP contribution in [0.2, 0.25) is 0 Å². The Kier molecular flexibility index (Phi) is 4.49. The van der Waals surface area contributed by atoms with E-state index in [2.05, 4.69) is 17.1 Å². The molecule has 0 unspecified atom stereocenters. The van der Waals surface area contributed by atoms with Crippen molar-refractivity contribution in [1.29, 1.82) is 0 Å². The lowest BCUT2D eigenvalue weighted by Crippen LogP contribution is -2.26. The monoisotopic (exact) mass is 310 g/mol. The average molecular weight is 310 g/mol. The van der Waals surface area contributed by atoms with Crippen molar-refractivity contribution < 1.29 is 4.79 Å². The smallest absolute Gasteiger partial charge is 0.222 e. The Bertz CT molecular complexity index is 768. The second kappa shape index (κ2) is 6.71. The first-order chi connectivity index (χ1) is 10.7. The molecule has 4 heteroatoms. The Morgan fingerprint density at radius 2 is 2.09 bits per heavy atom. The summed E-state index contributed by atoms with van der Waals surface area (Å²) in [6.07, 6.45) is 3.22. The predicted molar refractivity (Wildman–Crippen MR) is 90.9 cm³/mol. The van der Waals surface area contributed by atoms with Gasteiger partial charge in [-0.1, -0.05) is 24.3 Å². The maximum Gasteiger partial charge on any atom is 0.222 e. The summed E-state index contributed by atoms with van der Waals surface area (Å²) in [6.45, 7) is 0.598. The molecule has 0 aliphatic carbocycles. The lowest BCUT2D eigenvalue weighted by Gasteiger charge is -2.17. The number of nitrogens with zero attached hydrogens (tertiary/aromatic N) is 2. The van der Waals surface area contributed by atoms with Crippen molar-refractivity contribution in [2.75, 3.05) is 7.05 Å². The lowest BCUT2D eigenvalue weighted by molar-refractivity contribution is -0.130. The number of carbonyl (C=O) groups excluding carboxylic acids is 1. The SMILES string of the molecule is CN(Cc1cnc2ccccc2c1)C(=O)CCc1cccs1. The van der Waals surface area contributed by atoms with E-state index in [1.54, 1.807) is 16.2 Å². The minimum atomic E-state index is 0.168. The molecule has 112 valence electrons. The van der Waals surface area contributed by atoms with Gasteiger partial charge in [-0.15, -0.1) is 11.3 Å². The molecule has 0 N–H and O–H groups in total. The largest absolute Gasteiger partial charge is 0.341 e. The van der Waals surface area contributed by atoms with Crippen LogP contribution in [0.3, 0.4) is 0 Å². The van der Waals surface area contributed by atoms with Crippen LogP contribution in [0.5, 0.6) is 0 Å². The molecular formula is C18H18N2OS. The zero-order valence-corrected chi connectivity index (χ0v) is 13.3. The Labute approximate surface area is 134 Å². The third-order valence-corrected chi connectivity index (χ3v) is 4.59. The predicted octanol–water partition coefficient (Wildman–Crippen LogP) is 3.89. The van der Waals surface area contributed by atoms with Crippen LogP contribution in [-0.4, -0.2) is 22.8 Å². The number of para-hydroxylation sites is 1. The summed E-state index contributed by atoms with van der Waals surface area (Å²) in [5.74, 6) is 0.168. The van der Waals surface area contributed by atoms with Gasteiger partial charge in [0, 0.05) is 36.5 Å². The van der Waals surface area contributed by atoms with Crippen LogP contribution in [0.25, 0.3) is 10.9 Å². The zero-order valence-electron chi connectivity index (χ0n) is 12.5. The van der Waals surface area contributed by atoms with Crippen molar-refractivity contribution in [1.82, 2.24) is 9.88 Å². The van der Waals surface area contributed by atoms with Gasteiger partial charge in [0.2, 0.25) is 5.91 Å². The normalized spacial score (nSPS) is 10.8. The van der Waals surface area contributed by atoms with Crippen molar-refractivity contribution in [3.8, 4) is 0 Å². The minimum Gasteiger partial charge on any atom is -0.341 e. The first kappa shape index (κ1) is 14.7. The average Bonchev–Trinajstić information content (AvgIpc) is 3.06. The maximum absolute atomic E-state index is 12.2. The summed E-state index contributed by atoms with van der Waals surface area (Å²) in [6, 6.07) is 14.2. The van der Waals surface area contributed by atoms with E-state index in [1.807, 2.05) is 49.0 Å². The Balaban J connectivity index is 1.61. The summed E-state index contributed by atoms with van der Waals surface area (Å²) in [5.41, 5.74) is 2.04. The summed E-state index contributed by atoms with van der Waals surface area (Å²) in [5, 5.41) is 3.16. The van der Waals surface area contributed by atoms with Gasteiger partial charge >= 0.3 is 0 Å². The number of carbonyl (C=O) groups is 1. The Hall–Kier alpha value is -2.20. The third kappa shape index (κ3) is 3.52. The van der Waals surface area contributed by atoms with Gasteiger partial charge in [0.05, 0.1) is 5.52 Å². The second-order valence-electron chi connectivity index (χ2n) is 5.37. The Morgan fingerprint density at radius 3 is 2.91 bits per heavy atom. The van der Waals surface area contributed by atoms with E-state index >= 15 is 0 Å². The Morgan fingerprint density at radius 1 is 1.23 bits per heavy atom. The van der Waals surface area contributed by atoms with Gasteiger partial charge in [0.1, 0.15) is 0 Å². The molecule has 0 saturated carbocycles. The second-order valence-corrected chi connectivity index (χ2v) is 6.40. The number of hydrogen-bond donors (Lipinski definition) is 0. The van der Waals surface area contributed by atoms with Gasteiger partial charge in [0.25, 0.3) is 0 Å². The van der Waals surface area contributed by atoms with Crippen molar-refractivity contribution in [2.24, 2.45) is 0 Å². The number of amides is 1. The number of thiophene rings is 1. The molecule has 0 radical (unpaired) electrons. The fourth-order valence-corrected chi connectivity index (χ4v) is 3.15. The molecule has 2 heterocycles. The zero-order chi connectivity index (χ0) is 15.4. The topological polar surface area (TPSA) is 33.2 Å². The summed E-state index contributed by atoms with van der Waals surface area (Å²) < 4.78 is 0. The number of hydrogen-bond acceptors (Lipinski definition) is 3. The van der Waals surface area contributed by atoms with Crippen LogP contribution < -0.4 is 0 Å². The highest BCUT2D eigenvalue weighted by atomic mass is 32.1. The molecular weight excluding hydrogens is 292 g/mol. The number of rotatable bonds is 5. The van der Waals surface area contributed by atoms with Gasteiger partial charge in [-0.2, -0.15) is 0 Å². The molecule has 0 spiro atoms. The molecule has 22 heavy (non-hydrogen) atoms. The standard InChI is InChI=1S/C18H18N2OS/c1-20(18(21)9-8-16-6-4-10-22-16)13-14-11-15-5-2-3-7-17(15)19-12-14/h2-7,10-12H,8-9,13H2,1H3. The number of pyridine rings is 1. The van der Waals surface area contributed by atoms with E-state index in [1.165, 1.54) is 4.88 Å². The number of benzene rings is 1. The molecule has 3 nitrogen and oxygen atoms in total. The molecule has 0 saturated heterocycles. The number of aromatic nitrogens is 1. The van der Waals surface area contributed by atoms with Gasteiger partial charge in [-0.3, -0.25) is 9.78 Å². The molecule has 3 aromatic rings. The van der Waals surface area contributed by atoms with Crippen LogP contribution in [0.15, 0.2) is 54.0 Å². The van der Waals surface area contributed by atoms with Gasteiger partial charge in [-0.05, 0) is 35.6 Å². The minimum absolute atomic E-state index is 0.168. The van der Waals surface area contributed by atoms with Crippen molar-refractivity contribution >= 4 is 28.1 Å². The van der Waals surface area contributed by atoms with Crippen LogP contribution >= 0.6 is 11.3 Å². The fourth-order valence-electron chi connectivity index (χ4n) is 2.44. The first-order valence-electron chi connectivity index (χ1n) is 7.32. The fraction of sp³-hybridized carbons (Fsp3) is 0.222. The molecule has 0 fully saturated rings. The number of aryl methyl sites for hydroxylation is 1. The quantitative estimate of drug-likeness (QED) is 0.716. The molecule has 0 aliphatic rings. The highest BCUT2D eigenvalue weighted by Crippen LogP contribution is 2.15. The molecule has 0 atom stereocenters. The van der Waals surface area contributed by atoms with Crippen LogP contribution in [0.4, 0.5) is 0 Å². The van der Waals surface area contributed by atoms with E-state index in [4.69, 9.17) is 0 Å². The third-order valence-electron chi connectivity index (χ3n) is 3.66. The van der Waals surface area contributed by atoms with E-state index in [-0.39, 0.29) is 5.91 Å². The van der Waals surface area contributed by atoms with E-state index in [0.29, 0.717) is 13.0 Å². The van der Waals surface area contributed by atoms with Crippen LogP contribution in [-0.2, 0) is 17.8 Å².